The van der Waals surface area contributed by atoms with Gasteiger partial charge in [0, 0.05) is 4.88 Å². The third-order valence-electron chi connectivity index (χ3n) is 4.05. The van der Waals surface area contributed by atoms with Crippen molar-refractivity contribution in [2.24, 2.45) is 0 Å². The van der Waals surface area contributed by atoms with E-state index in [4.69, 9.17) is 13.9 Å². The fourth-order valence-corrected chi connectivity index (χ4v) is 3.48. The summed E-state index contributed by atoms with van der Waals surface area (Å²) in [5.74, 6) is 1.46. The molecule has 0 saturated heterocycles. The second kappa shape index (κ2) is 7.98. The SMILES string of the molecule is COc1ccccc1OCc1ccc(C(=O)Nc2sc(C)c(C)c2C#N)o1. The van der Waals surface area contributed by atoms with Crippen molar-refractivity contribution in [1.82, 2.24) is 0 Å². The minimum atomic E-state index is -0.406. The number of rotatable bonds is 6. The Labute approximate surface area is 161 Å². The molecular weight excluding hydrogens is 364 g/mol. The first-order chi connectivity index (χ1) is 13.0. The molecule has 0 fully saturated rings. The highest BCUT2D eigenvalue weighted by molar-refractivity contribution is 7.16. The van der Waals surface area contributed by atoms with E-state index in [-0.39, 0.29) is 12.4 Å². The van der Waals surface area contributed by atoms with Crippen LogP contribution in [0.5, 0.6) is 11.5 Å². The van der Waals surface area contributed by atoms with Crippen LogP contribution in [0.1, 0.15) is 32.3 Å². The van der Waals surface area contributed by atoms with Crippen molar-refractivity contribution in [2.75, 3.05) is 12.4 Å². The molecule has 0 saturated carbocycles. The van der Waals surface area contributed by atoms with Gasteiger partial charge in [-0.05, 0) is 43.7 Å². The highest BCUT2D eigenvalue weighted by Gasteiger charge is 2.18. The van der Waals surface area contributed by atoms with Gasteiger partial charge >= 0.3 is 0 Å². The van der Waals surface area contributed by atoms with Crippen molar-refractivity contribution in [1.29, 1.82) is 5.26 Å². The first kappa shape index (κ1) is 18.5. The lowest BCUT2D eigenvalue weighted by atomic mass is 10.2. The first-order valence-electron chi connectivity index (χ1n) is 8.19. The number of hydrogen-bond donors (Lipinski definition) is 1. The highest BCUT2D eigenvalue weighted by Crippen LogP contribution is 2.32. The Morgan fingerprint density at radius 3 is 2.67 bits per heavy atom. The average molecular weight is 382 g/mol. The van der Waals surface area contributed by atoms with E-state index in [1.165, 1.54) is 11.3 Å². The summed E-state index contributed by atoms with van der Waals surface area (Å²) in [4.78, 5) is 13.4. The summed E-state index contributed by atoms with van der Waals surface area (Å²) in [6.45, 7) is 3.94. The number of ether oxygens (including phenoxy) is 2. The monoisotopic (exact) mass is 382 g/mol. The first-order valence-corrected chi connectivity index (χ1v) is 9.01. The van der Waals surface area contributed by atoms with Crippen LogP contribution in [0.2, 0.25) is 0 Å². The van der Waals surface area contributed by atoms with Crippen molar-refractivity contribution in [3.8, 4) is 17.6 Å². The number of nitriles is 1. The minimum Gasteiger partial charge on any atom is -0.493 e. The quantitative estimate of drug-likeness (QED) is 0.670. The molecule has 0 radical (unpaired) electrons. The van der Waals surface area contributed by atoms with Crippen molar-refractivity contribution in [3.05, 3.63) is 63.9 Å². The van der Waals surface area contributed by atoms with Crippen LogP contribution < -0.4 is 14.8 Å². The maximum absolute atomic E-state index is 12.4. The molecule has 7 heteroatoms. The van der Waals surface area contributed by atoms with E-state index in [0.717, 1.165) is 10.4 Å². The summed E-state index contributed by atoms with van der Waals surface area (Å²) in [5, 5.41) is 12.6. The molecule has 1 aromatic carbocycles. The van der Waals surface area contributed by atoms with Crippen LogP contribution in [0.3, 0.4) is 0 Å². The van der Waals surface area contributed by atoms with Gasteiger partial charge < -0.3 is 19.2 Å². The maximum atomic E-state index is 12.4. The summed E-state index contributed by atoms with van der Waals surface area (Å²) < 4.78 is 16.5. The zero-order chi connectivity index (χ0) is 19.4. The lowest BCUT2D eigenvalue weighted by Crippen LogP contribution is -2.10. The van der Waals surface area contributed by atoms with Gasteiger partial charge in [0.25, 0.3) is 5.91 Å². The summed E-state index contributed by atoms with van der Waals surface area (Å²) in [6.07, 6.45) is 0. The number of carbonyl (C=O) groups is 1. The Morgan fingerprint density at radius 2 is 1.96 bits per heavy atom. The fourth-order valence-electron chi connectivity index (χ4n) is 2.48. The van der Waals surface area contributed by atoms with Crippen LogP contribution in [0.15, 0.2) is 40.8 Å². The number of amides is 1. The van der Waals surface area contributed by atoms with Crippen LogP contribution in [0.25, 0.3) is 0 Å². The Morgan fingerprint density at radius 1 is 1.22 bits per heavy atom. The fraction of sp³-hybridized carbons (Fsp3) is 0.200. The Balaban J connectivity index is 1.68. The van der Waals surface area contributed by atoms with E-state index < -0.39 is 5.91 Å². The molecule has 2 aromatic heterocycles. The van der Waals surface area contributed by atoms with Crippen LogP contribution in [0.4, 0.5) is 5.00 Å². The largest absolute Gasteiger partial charge is 0.493 e. The number of aryl methyl sites for hydroxylation is 1. The minimum absolute atomic E-state index is 0.154. The topological polar surface area (TPSA) is 84.5 Å². The number of para-hydroxylation sites is 2. The second-order valence-electron chi connectivity index (χ2n) is 5.76. The molecule has 0 unspecified atom stereocenters. The van der Waals surface area contributed by atoms with Gasteiger partial charge in [-0.15, -0.1) is 11.3 Å². The van der Waals surface area contributed by atoms with E-state index in [1.54, 1.807) is 31.4 Å². The van der Waals surface area contributed by atoms with Crippen LogP contribution in [-0.4, -0.2) is 13.0 Å². The lowest BCUT2D eigenvalue weighted by Gasteiger charge is -2.08. The molecule has 27 heavy (non-hydrogen) atoms. The summed E-state index contributed by atoms with van der Waals surface area (Å²) >= 11 is 1.37. The standard InChI is InChI=1S/C20H18N2O4S/c1-12-13(2)27-20(15(12)10-21)22-19(23)18-9-8-14(26-18)11-25-17-7-5-4-6-16(17)24-3/h4-9H,11H2,1-3H3,(H,22,23). The molecule has 2 heterocycles. The molecule has 6 nitrogen and oxygen atoms in total. The van der Waals surface area contributed by atoms with Gasteiger partial charge in [-0.25, -0.2) is 0 Å². The third kappa shape index (κ3) is 3.96. The number of thiophene rings is 1. The molecule has 1 amide bonds. The number of nitrogens with one attached hydrogen (secondary N) is 1. The van der Waals surface area contributed by atoms with Crippen molar-refractivity contribution in [3.63, 3.8) is 0 Å². The molecule has 3 aromatic rings. The molecule has 0 aliphatic heterocycles. The molecule has 1 N–H and O–H groups in total. The number of hydrogen-bond acceptors (Lipinski definition) is 6. The molecule has 0 aliphatic carbocycles. The molecule has 0 aliphatic rings. The number of nitrogens with zero attached hydrogens (tertiary/aromatic N) is 1. The van der Waals surface area contributed by atoms with Gasteiger partial charge in [0.05, 0.1) is 12.7 Å². The normalized spacial score (nSPS) is 10.3. The number of methoxy groups -OCH3 is 1. The zero-order valence-electron chi connectivity index (χ0n) is 15.2. The number of anilines is 1. The van der Waals surface area contributed by atoms with E-state index in [2.05, 4.69) is 11.4 Å². The summed E-state index contributed by atoms with van der Waals surface area (Å²) in [5.41, 5.74) is 1.36. The van der Waals surface area contributed by atoms with E-state index >= 15 is 0 Å². The van der Waals surface area contributed by atoms with Crippen molar-refractivity contribution in [2.45, 2.75) is 20.5 Å². The Kier molecular flexibility index (Phi) is 5.48. The highest BCUT2D eigenvalue weighted by atomic mass is 32.1. The van der Waals surface area contributed by atoms with E-state index in [9.17, 15) is 10.1 Å². The van der Waals surface area contributed by atoms with Crippen LogP contribution in [-0.2, 0) is 6.61 Å². The predicted molar refractivity (Wildman–Crippen MR) is 102 cm³/mol. The number of furan rings is 1. The molecule has 0 bridgehead atoms. The lowest BCUT2D eigenvalue weighted by molar-refractivity contribution is 0.0993. The van der Waals surface area contributed by atoms with Crippen LogP contribution >= 0.6 is 11.3 Å². The Bertz CT molecular complexity index is 1010. The van der Waals surface area contributed by atoms with Crippen LogP contribution in [0, 0.1) is 25.2 Å². The molecule has 138 valence electrons. The molecule has 0 spiro atoms. The average Bonchev–Trinajstić information content (AvgIpc) is 3.25. The van der Waals surface area contributed by atoms with E-state index in [1.807, 2.05) is 26.0 Å². The van der Waals surface area contributed by atoms with Gasteiger partial charge in [-0.1, -0.05) is 12.1 Å². The van der Waals surface area contributed by atoms with Crippen molar-refractivity contribution < 1.29 is 18.7 Å². The maximum Gasteiger partial charge on any atom is 0.292 e. The second-order valence-corrected chi connectivity index (χ2v) is 6.98. The zero-order valence-corrected chi connectivity index (χ0v) is 16.0. The van der Waals surface area contributed by atoms with Gasteiger partial charge in [0.15, 0.2) is 17.3 Å². The predicted octanol–water partition coefficient (Wildman–Crippen LogP) is 4.67. The smallest absolute Gasteiger partial charge is 0.292 e. The molecular formula is C20H18N2O4S. The van der Waals surface area contributed by atoms with Gasteiger partial charge in [0.1, 0.15) is 23.4 Å². The number of benzene rings is 1. The molecule has 0 atom stereocenters. The van der Waals surface area contributed by atoms with Crippen molar-refractivity contribution >= 4 is 22.2 Å². The van der Waals surface area contributed by atoms with Gasteiger partial charge in [-0.2, -0.15) is 5.26 Å². The molecule has 3 rings (SSSR count). The van der Waals surface area contributed by atoms with E-state index in [0.29, 0.717) is 27.8 Å². The third-order valence-corrected chi connectivity index (χ3v) is 5.17. The van der Waals surface area contributed by atoms with Gasteiger partial charge in [0.2, 0.25) is 0 Å². The summed E-state index contributed by atoms with van der Waals surface area (Å²) in [7, 11) is 1.57. The van der Waals surface area contributed by atoms with Gasteiger partial charge in [-0.3, -0.25) is 4.79 Å². The summed E-state index contributed by atoms with van der Waals surface area (Å²) in [6, 6.07) is 12.7. The Hall–Kier alpha value is -3.24. The number of carbonyl (C=O) groups excluding carboxylic acids is 1.